The van der Waals surface area contributed by atoms with E-state index in [4.69, 9.17) is 4.42 Å². The fourth-order valence-electron chi connectivity index (χ4n) is 1.85. The third kappa shape index (κ3) is 5.60. The monoisotopic (exact) mass is 434 g/mol. The summed E-state index contributed by atoms with van der Waals surface area (Å²) < 4.78 is 5.54. The Balaban J connectivity index is 0.00000242. The van der Waals surface area contributed by atoms with Gasteiger partial charge >= 0.3 is 0 Å². The van der Waals surface area contributed by atoms with Gasteiger partial charge in [-0.3, -0.25) is 0 Å². The van der Waals surface area contributed by atoms with Gasteiger partial charge in [0.05, 0.1) is 12.2 Å². The van der Waals surface area contributed by atoms with Crippen LogP contribution < -0.4 is 10.6 Å². The highest BCUT2D eigenvalue weighted by Crippen LogP contribution is 2.14. The average molecular weight is 434 g/mol. The summed E-state index contributed by atoms with van der Waals surface area (Å²) in [5.41, 5.74) is 0.923. The van der Waals surface area contributed by atoms with Gasteiger partial charge in [0.15, 0.2) is 5.96 Å². The van der Waals surface area contributed by atoms with Crippen molar-refractivity contribution in [2.45, 2.75) is 40.8 Å². The van der Waals surface area contributed by atoms with Crippen molar-refractivity contribution in [3.8, 4) is 0 Å². The highest BCUT2D eigenvalue weighted by molar-refractivity contribution is 14.0. The molecule has 122 valence electrons. The van der Waals surface area contributed by atoms with E-state index < -0.39 is 0 Å². The van der Waals surface area contributed by atoms with Crippen molar-refractivity contribution in [3.63, 3.8) is 0 Å². The number of nitrogens with zero attached hydrogens (tertiary/aromatic N) is 2. The largest absolute Gasteiger partial charge is 0.444 e. The van der Waals surface area contributed by atoms with E-state index in [0.717, 1.165) is 30.5 Å². The van der Waals surface area contributed by atoms with Crippen molar-refractivity contribution in [2.75, 3.05) is 6.54 Å². The number of nitrogens with one attached hydrogen (secondary N) is 2. The Morgan fingerprint density at radius 2 is 2.05 bits per heavy atom. The first-order chi connectivity index (χ1) is 10.1. The van der Waals surface area contributed by atoms with Gasteiger partial charge in [0.25, 0.3) is 0 Å². The van der Waals surface area contributed by atoms with Crippen LogP contribution in [-0.2, 0) is 13.1 Å². The smallest absolute Gasteiger partial charge is 0.216 e. The van der Waals surface area contributed by atoms with Gasteiger partial charge in [0.2, 0.25) is 5.89 Å². The van der Waals surface area contributed by atoms with E-state index in [1.165, 1.54) is 9.75 Å². The van der Waals surface area contributed by atoms with E-state index in [1.807, 2.05) is 20.8 Å². The van der Waals surface area contributed by atoms with Crippen molar-refractivity contribution in [3.05, 3.63) is 39.2 Å². The number of hydrogen-bond donors (Lipinski definition) is 2. The van der Waals surface area contributed by atoms with E-state index in [2.05, 4.69) is 39.7 Å². The Morgan fingerprint density at radius 1 is 1.27 bits per heavy atom. The van der Waals surface area contributed by atoms with Crippen molar-refractivity contribution in [1.82, 2.24) is 15.6 Å². The Morgan fingerprint density at radius 3 is 2.59 bits per heavy atom. The number of thiophene rings is 1. The Labute approximate surface area is 152 Å². The molecule has 5 nitrogen and oxygen atoms in total. The molecule has 0 aliphatic carbocycles. The Hall–Kier alpha value is -1.09. The lowest BCUT2D eigenvalue weighted by Crippen LogP contribution is -2.36. The van der Waals surface area contributed by atoms with Crippen LogP contribution in [0, 0.1) is 20.8 Å². The van der Waals surface area contributed by atoms with Crippen LogP contribution in [0.1, 0.15) is 34.0 Å². The topological polar surface area (TPSA) is 62.5 Å². The molecule has 0 radical (unpaired) electrons. The number of aliphatic imine (C=N–C) groups is 1. The first-order valence-electron chi connectivity index (χ1n) is 7.09. The van der Waals surface area contributed by atoms with E-state index in [1.54, 1.807) is 11.3 Å². The number of oxazole rings is 1. The zero-order chi connectivity index (χ0) is 15.2. The molecule has 0 amide bonds. The van der Waals surface area contributed by atoms with Crippen LogP contribution >= 0.6 is 35.3 Å². The molecule has 0 aliphatic rings. The van der Waals surface area contributed by atoms with Gasteiger partial charge in [0.1, 0.15) is 12.3 Å². The van der Waals surface area contributed by atoms with Crippen LogP contribution in [0.4, 0.5) is 0 Å². The minimum Gasteiger partial charge on any atom is -0.444 e. The lowest BCUT2D eigenvalue weighted by Gasteiger charge is -2.09. The number of guanidine groups is 1. The zero-order valence-electron chi connectivity index (χ0n) is 13.4. The van der Waals surface area contributed by atoms with Crippen molar-refractivity contribution in [1.29, 1.82) is 0 Å². The van der Waals surface area contributed by atoms with Crippen LogP contribution in [-0.4, -0.2) is 17.5 Å². The normalized spacial score (nSPS) is 11.2. The van der Waals surface area contributed by atoms with Gasteiger partial charge in [0, 0.05) is 16.3 Å². The fourth-order valence-corrected chi connectivity index (χ4v) is 2.68. The second-order valence-corrected chi connectivity index (χ2v) is 6.18. The van der Waals surface area contributed by atoms with Gasteiger partial charge in [-0.1, -0.05) is 0 Å². The van der Waals surface area contributed by atoms with Crippen LogP contribution in [0.3, 0.4) is 0 Å². The van der Waals surface area contributed by atoms with Gasteiger partial charge < -0.3 is 15.1 Å². The maximum absolute atomic E-state index is 5.54. The van der Waals surface area contributed by atoms with E-state index in [9.17, 15) is 0 Å². The fraction of sp³-hybridized carbons (Fsp3) is 0.467. The highest BCUT2D eigenvalue weighted by atomic mass is 127. The minimum atomic E-state index is 0. The molecule has 22 heavy (non-hydrogen) atoms. The second kappa shape index (κ2) is 9.14. The molecular formula is C15H23IN4OS. The van der Waals surface area contributed by atoms with E-state index in [0.29, 0.717) is 12.4 Å². The zero-order valence-corrected chi connectivity index (χ0v) is 16.5. The summed E-state index contributed by atoms with van der Waals surface area (Å²) >= 11 is 1.79. The molecule has 2 rings (SSSR count). The average Bonchev–Trinajstić information content (AvgIpc) is 3.00. The lowest BCUT2D eigenvalue weighted by atomic mass is 10.4. The minimum absolute atomic E-state index is 0. The third-order valence-electron chi connectivity index (χ3n) is 3.02. The highest BCUT2D eigenvalue weighted by Gasteiger charge is 2.05. The molecule has 0 atom stereocenters. The number of aryl methyl sites for hydroxylation is 3. The molecule has 0 aromatic carbocycles. The maximum atomic E-state index is 5.54. The molecule has 0 saturated heterocycles. The summed E-state index contributed by atoms with van der Waals surface area (Å²) in [7, 11) is 0. The van der Waals surface area contributed by atoms with Gasteiger partial charge in [-0.25, -0.2) is 9.98 Å². The number of aromatic nitrogens is 1. The van der Waals surface area contributed by atoms with Crippen LogP contribution in [0.2, 0.25) is 0 Å². The molecule has 0 spiro atoms. The predicted molar refractivity (Wildman–Crippen MR) is 102 cm³/mol. The quantitative estimate of drug-likeness (QED) is 0.430. The Bertz CT molecular complexity index is 601. The van der Waals surface area contributed by atoms with Crippen LogP contribution in [0.25, 0.3) is 0 Å². The lowest BCUT2D eigenvalue weighted by molar-refractivity contribution is 0.473. The standard InChI is InChI=1S/C15H22N4OS.HI/c1-5-16-15(17-8-13-7-6-10(2)21-13)18-9-14-19-11(3)12(4)20-14;/h6-7H,5,8-9H2,1-4H3,(H2,16,17,18);1H. The van der Waals surface area contributed by atoms with Crippen molar-refractivity contribution < 1.29 is 4.42 Å². The number of hydrogen-bond acceptors (Lipinski definition) is 4. The molecule has 0 saturated carbocycles. The predicted octanol–water partition coefficient (Wildman–Crippen LogP) is 3.53. The summed E-state index contributed by atoms with van der Waals surface area (Å²) in [6, 6.07) is 4.27. The van der Waals surface area contributed by atoms with Crippen LogP contribution in [0.5, 0.6) is 0 Å². The second-order valence-electron chi connectivity index (χ2n) is 4.81. The third-order valence-corrected chi connectivity index (χ3v) is 4.02. The summed E-state index contributed by atoms with van der Waals surface area (Å²) in [4.78, 5) is 11.5. The molecule has 0 unspecified atom stereocenters. The van der Waals surface area contributed by atoms with Crippen LogP contribution in [0.15, 0.2) is 21.5 Å². The SMILES string of the molecule is CCNC(=NCc1nc(C)c(C)o1)NCc1ccc(C)s1.I. The van der Waals surface area contributed by atoms with E-state index in [-0.39, 0.29) is 24.0 Å². The molecule has 0 bridgehead atoms. The van der Waals surface area contributed by atoms with Gasteiger partial charge in [-0.15, -0.1) is 35.3 Å². The van der Waals surface area contributed by atoms with Gasteiger partial charge in [-0.05, 0) is 39.8 Å². The number of rotatable bonds is 5. The number of halogens is 1. The summed E-state index contributed by atoms with van der Waals surface area (Å²) in [6.45, 7) is 10.0. The molecule has 0 aliphatic heterocycles. The first kappa shape index (κ1) is 19.0. The first-order valence-corrected chi connectivity index (χ1v) is 7.90. The molecule has 0 fully saturated rings. The molecule has 2 aromatic rings. The molecule has 2 aromatic heterocycles. The maximum Gasteiger partial charge on any atom is 0.216 e. The van der Waals surface area contributed by atoms with Crippen molar-refractivity contribution >= 4 is 41.3 Å². The molecule has 7 heteroatoms. The molecule has 2 N–H and O–H groups in total. The van der Waals surface area contributed by atoms with Crippen molar-refractivity contribution in [2.24, 2.45) is 4.99 Å². The Kier molecular flexibility index (Phi) is 7.88. The van der Waals surface area contributed by atoms with Gasteiger partial charge in [-0.2, -0.15) is 0 Å². The summed E-state index contributed by atoms with van der Waals surface area (Å²) in [5.74, 6) is 2.28. The molecular weight excluding hydrogens is 411 g/mol. The summed E-state index contributed by atoms with van der Waals surface area (Å²) in [6.07, 6.45) is 0. The summed E-state index contributed by atoms with van der Waals surface area (Å²) in [5, 5.41) is 6.55. The molecule has 2 heterocycles. The van der Waals surface area contributed by atoms with E-state index >= 15 is 0 Å².